The lowest BCUT2D eigenvalue weighted by atomic mass is 10.0. The van der Waals surface area contributed by atoms with Gasteiger partial charge in [0.1, 0.15) is 0 Å². The zero-order chi connectivity index (χ0) is 18.7. The molecular weight excluding hydrogens is 449 g/mol. The Labute approximate surface area is 186 Å². The fraction of sp³-hybridized carbons (Fsp3) is 0.0833. The van der Waals surface area contributed by atoms with Crippen molar-refractivity contribution in [3.05, 3.63) is 58.3 Å². The SMILES string of the molecule is c1cc2sc3ccc4sc5ccc6sc7cc6c5c4c3c2c2cc(sc12)CSC7. The second-order valence-electron chi connectivity index (χ2n) is 7.64. The smallest absolute Gasteiger partial charge is 0.0362 e. The van der Waals surface area contributed by atoms with Gasteiger partial charge < -0.3 is 0 Å². The molecule has 0 fully saturated rings. The van der Waals surface area contributed by atoms with Gasteiger partial charge in [0.05, 0.1) is 0 Å². The summed E-state index contributed by atoms with van der Waals surface area (Å²) in [4.78, 5) is 3.00. The van der Waals surface area contributed by atoms with Crippen molar-refractivity contribution < 1.29 is 0 Å². The van der Waals surface area contributed by atoms with E-state index in [4.69, 9.17) is 0 Å². The fourth-order valence-corrected chi connectivity index (χ4v) is 10.5. The van der Waals surface area contributed by atoms with Crippen molar-refractivity contribution in [1.29, 1.82) is 0 Å². The molecule has 0 saturated heterocycles. The second kappa shape index (κ2) is 5.54. The van der Waals surface area contributed by atoms with Gasteiger partial charge in [-0.15, -0.1) is 45.3 Å². The number of rotatable bonds is 0. The third-order valence-electron chi connectivity index (χ3n) is 5.98. The minimum Gasteiger partial charge on any atom is -0.151 e. The summed E-state index contributed by atoms with van der Waals surface area (Å²) in [7, 11) is 0. The van der Waals surface area contributed by atoms with E-state index in [9.17, 15) is 0 Å². The minimum atomic E-state index is 1.10. The topological polar surface area (TPSA) is 0 Å². The minimum absolute atomic E-state index is 1.10. The van der Waals surface area contributed by atoms with E-state index < -0.39 is 0 Å². The molecule has 29 heavy (non-hydrogen) atoms. The van der Waals surface area contributed by atoms with Crippen LogP contribution in [0.4, 0.5) is 0 Å². The predicted molar refractivity (Wildman–Crippen MR) is 138 cm³/mol. The van der Waals surface area contributed by atoms with E-state index in [1.54, 1.807) is 0 Å². The first kappa shape index (κ1) is 16.1. The fourth-order valence-electron chi connectivity index (χ4n) is 4.84. The lowest BCUT2D eigenvalue weighted by molar-refractivity contribution is 1.49. The summed E-state index contributed by atoms with van der Waals surface area (Å²) in [6, 6.07) is 19.0. The third-order valence-corrected chi connectivity index (χ3v) is 11.8. The molecule has 5 heterocycles. The molecule has 0 spiro atoms. The van der Waals surface area contributed by atoms with Gasteiger partial charge in [-0.1, -0.05) is 0 Å². The largest absolute Gasteiger partial charge is 0.151 e. The summed E-state index contributed by atoms with van der Waals surface area (Å²) in [5.74, 6) is 2.20. The summed E-state index contributed by atoms with van der Waals surface area (Å²) >= 11 is 9.91. The van der Waals surface area contributed by atoms with Crippen LogP contribution >= 0.6 is 57.1 Å². The molecule has 4 bridgehead atoms. The van der Waals surface area contributed by atoms with Crippen molar-refractivity contribution in [2.45, 2.75) is 11.5 Å². The highest BCUT2D eigenvalue weighted by Crippen LogP contribution is 2.50. The quantitative estimate of drug-likeness (QED) is 0.217. The maximum atomic E-state index is 2.47. The average molecular weight is 461 g/mol. The number of hydrogen-bond donors (Lipinski definition) is 0. The van der Waals surface area contributed by atoms with Gasteiger partial charge in [0.2, 0.25) is 0 Å². The average Bonchev–Trinajstić information content (AvgIpc) is 3.46. The first-order chi connectivity index (χ1) is 14.3. The van der Waals surface area contributed by atoms with Crippen LogP contribution in [0.5, 0.6) is 0 Å². The Bertz CT molecular complexity index is 1650. The van der Waals surface area contributed by atoms with Gasteiger partial charge in [-0.25, -0.2) is 0 Å². The van der Waals surface area contributed by atoms with Crippen LogP contribution in [0.15, 0.2) is 48.5 Å². The molecule has 7 aromatic rings. The number of thiophene rings is 4. The van der Waals surface area contributed by atoms with Crippen molar-refractivity contribution >= 4 is 118 Å². The zero-order valence-corrected chi connectivity index (χ0v) is 19.2. The van der Waals surface area contributed by atoms with Crippen LogP contribution < -0.4 is 0 Å². The highest BCUT2D eigenvalue weighted by atomic mass is 32.2. The van der Waals surface area contributed by atoms with E-state index in [1.807, 2.05) is 45.3 Å². The number of thioether (sulfide) groups is 1. The zero-order valence-electron chi connectivity index (χ0n) is 15.1. The Kier molecular flexibility index (Phi) is 3.08. The normalized spacial score (nSPS) is 14.5. The van der Waals surface area contributed by atoms with E-state index >= 15 is 0 Å². The van der Waals surface area contributed by atoms with Gasteiger partial charge in [-0.3, -0.25) is 0 Å². The van der Waals surface area contributed by atoms with Crippen molar-refractivity contribution in [2.75, 3.05) is 0 Å². The van der Waals surface area contributed by atoms with Crippen LogP contribution in [0.2, 0.25) is 0 Å². The van der Waals surface area contributed by atoms with Gasteiger partial charge in [0, 0.05) is 81.8 Å². The maximum absolute atomic E-state index is 2.47. The van der Waals surface area contributed by atoms with Gasteiger partial charge in [0.15, 0.2) is 0 Å². The van der Waals surface area contributed by atoms with Crippen LogP contribution in [-0.2, 0) is 11.5 Å². The molecule has 0 nitrogen and oxygen atoms in total. The van der Waals surface area contributed by atoms with E-state index in [-0.39, 0.29) is 0 Å². The van der Waals surface area contributed by atoms with E-state index in [2.05, 4.69) is 60.3 Å². The molecule has 0 N–H and O–H groups in total. The Morgan fingerprint density at radius 3 is 1.34 bits per heavy atom. The standard InChI is InChI=1S/C24H12S5/c1-3-17-21-13-7-11(26-15(1)13)9-25-10-12-8-14-16(27-12)2-4-18-22(14)24-20(29-18)6-5-19(28-17)23(21)24/h1-8H,9-10H2. The molecule has 5 heteroatoms. The van der Waals surface area contributed by atoms with Crippen LogP contribution in [0.3, 0.4) is 0 Å². The molecule has 8 rings (SSSR count). The molecule has 3 aromatic carbocycles. The van der Waals surface area contributed by atoms with Crippen LogP contribution in [0.25, 0.3) is 60.5 Å². The molecule has 1 aliphatic heterocycles. The van der Waals surface area contributed by atoms with E-state index in [0.717, 1.165) is 11.5 Å². The third kappa shape index (κ3) is 2.05. The van der Waals surface area contributed by atoms with E-state index in [0.29, 0.717) is 0 Å². The second-order valence-corrected chi connectivity index (χ2v) is 13.1. The maximum Gasteiger partial charge on any atom is 0.0362 e. The molecule has 138 valence electrons. The first-order valence-corrected chi connectivity index (χ1v) is 14.0. The van der Waals surface area contributed by atoms with Gasteiger partial charge in [-0.05, 0) is 48.5 Å². The Balaban J connectivity index is 1.77. The molecule has 4 aromatic heterocycles. The summed E-state index contributed by atoms with van der Waals surface area (Å²) in [5.41, 5.74) is 0. The molecule has 0 radical (unpaired) electrons. The van der Waals surface area contributed by atoms with Crippen molar-refractivity contribution in [3.8, 4) is 0 Å². The highest BCUT2D eigenvalue weighted by molar-refractivity contribution is 7.98. The molecule has 0 aliphatic carbocycles. The molecular formula is C24H12S5. The van der Waals surface area contributed by atoms with Crippen LogP contribution in [0, 0.1) is 0 Å². The van der Waals surface area contributed by atoms with Crippen LogP contribution in [0.1, 0.15) is 9.75 Å². The van der Waals surface area contributed by atoms with Crippen molar-refractivity contribution in [1.82, 2.24) is 0 Å². The van der Waals surface area contributed by atoms with E-state index in [1.165, 1.54) is 70.3 Å². The summed E-state index contributed by atoms with van der Waals surface area (Å²) in [6.07, 6.45) is 0. The Morgan fingerprint density at radius 1 is 0.448 bits per heavy atom. The number of hydrogen-bond acceptors (Lipinski definition) is 5. The molecule has 0 amide bonds. The molecule has 0 unspecified atom stereocenters. The lowest BCUT2D eigenvalue weighted by Gasteiger charge is -2.00. The van der Waals surface area contributed by atoms with Gasteiger partial charge in [0.25, 0.3) is 0 Å². The van der Waals surface area contributed by atoms with Crippen molar-refractivity contribution in [3.63, 3.8) is 0 Å². The monoisotopic (exact) mass is 460 g/mol. The van der Waals surface area contributed by atoms with Gasteiger partial charge in [-0.2, -0.15) is 11.8 Å². The molecule has 0 saturated carbocycles. The summed E-state index contributed by atoms with van der Waals surface area (Å²) < 4.78 is 8.55. The molecule has 1 aliphatic rings. The van der Waals surface area contributed by atoms with Gasteiger partial charge >= 0.3 is 0 Å². The molecule has 0 atom stereocenters. The summed E-state index contributed by atoms with van der Waals surface area (Å²) in [5, 5.41) is 8.83. The Hall–Kier alpha value is -1.63. The van der Waals surface area contributed by atoms with Crippen LogP contribution in [-0.4, -0.2) is 0 Å². The summed E-state index contributed by atoms with van der Waals surface area (Å²) in [6.45, 7) is 0. The predicted octanol–water partition coefficient (Wildman–Crippen LogP) is 9.60. The Morgan fingerprint density at radius 2 is 0.862 bits per heavy atom. The highest BCUT2D eigenvalue weighted by Gasteiger charge is 2.19. The van der Waals surface area contributed by atoms with Crippen molar-refractivity contribution in [2.24, 2.45) is 0 Å². The number of benzene rings is 3. The lowest BCUT2D eigenvalue weighted by Crippen LogP contribution is -1.75. The first-order valence-electron chi connectivity index (χ1n) is 9.55. The number of fused-ring (bicyclic) bond motifs is 2.